The zero-order chi connectivity index (χ0) is 23.9. The number of aliphatic hydroxyl groups excluding tert-OH is 1. The van der Waals surface area contributed by atoms with Crippen molar-refractivity contribution in [3.8, 4) is 11.3 Å². The first kappa shape index (κ1) is 23.1. The third kappa shape index (κ3) is 4.50. The summed E-state index contributed by atoms with van der Waals surface area (Å²) in [5, 5.41) is 10.7. The summed E-state index contributed by atoms with van der Waals surface area (Å²) >= 11 is 0. The van der Waals surface area contributed by atoms with Crippen LogP contribution in [-0.4, -0.2) is 54.1 Å². The fraction of sp³-hybridized carbons (Fsp3) is 0.423. The van der Waals surface area contributed by atoms with E-state index in [1.807, 2.05) is 48.0 Å². The molecule has 3 aromatic rings. The molecule has 1 atom stereocenters. The minimum absolute atomic E-state index is 0.0813. The van der Waals surface area contributed by atoms with Crippen LogP contribution in [0.3, 0.4) is 0 Å². The molecule has 1 saturated heterocycles. The number of rotatable bonds is 5. The van der Waals surface area contributed by atoms with Crippen molar-refractivity contribution in [2.75, 3.05) is 13.1 Å². The van der Waals surface area contributed by atoms with Crippen molar-refractivity contribution in [2.45, 2.75) is 49.1 Å². The number of sulfonamides is 1. The van der Waals surface area contributed by atoms with Crippen LogP contribution in [0.4, 0.5) is 0 Å². The number of nitrogens with one attached hydrogen (secondary N) is 1. The maximum atomic E-state index is 13.2. The molecule has 1 aromatic heterocycles. The van der Waals surface area contributed by atoms with Gasteiger partial charge in [0, 0.05) is 48.7 Å². The molecule has 5 rings (SSSR count). The number of carbonyl (C=O) groups excluding carboxylic acids is 1. The van der Waals surface area contributed by atoms with Gasteiger partial charge < -0.3 is 14.6 Å². The number of aromatic nitrogens is 1. The van der Waals surface area contributed by atoms with Gasteiger partial charge in [0.2, 0.25) is 15.9 Å². The van der Waals surface area contributed by atoms with Gasteiger partial charge in [0.1, 0.15) is 0 Å². The Kier molecular flexibility index (Phi) is 6.22. The lowest BCUT2D eigenvalue weighted by atomic mass is 9.85. The highest BCUT2D eigenvalue weighted by atomic mass is 32.2. The number of fused-ring (bicyclic) bond motifs is 1. The number of aliphatic hydroxyl groups is 1. The number of carbonyl (C=O) groups is 1. The van der Waals surface area contributed by atoms with Gasteiger partial charge >= 0.3 is 0 Å². The van der Waals surface area contributed by atoms with Crippen LogP contribution < -0.4 is 4.72 Å². The first-order valence-corrected chi connectivity index (χ1v) is 13.4. The van der Waals surface area contributed by atoms with E-state index in [4.69, 9.17) is 0 Å². The summed E-state index contributed by atoms with van der Waals surface area (Å²) in [5.41, 5.74) is 2.98. The molecule has 2 aromatic carbocycles. The molecule has 2 aliphatic rings. The van der Waals surface area contributed by atoms with E-state index in [2.05, 4.69) is 10.8 Å². The number of benzene rings is 2. The predicted octanol–water partition coefficient (Wildman–Crippen LogP) is 3.28. The van der Waals surface area contributed by atoms with Gasteiger partial charge in [-0.3, -0.25) is 4.79 Å². The molecule has 2 N–H and O–H groups in total. The SMILES string of the molecule is Cn1c(-c2ccccc2)cc2ccc(S(=O)(=O)N[C@H]3CC[C@H](C(=O)N4CCC(O)C4)CC3)cc21. The van der Waals surface area contributed by atoms with E-state index in [0.717, 1.165) is 22.2 Å². The van der Waals surface area contributed by atoms with Crippen molar-refractivity contribution in [3.63, 3.8) is 0 Å². The second kappa shape index (κ2) is 9.17. The molecule has 1 aliphatic heterocycles. The van der Waals surface area contributed by atoms with E-state index in [9.17, 15) is 18.3 Å². The maximum Gasteiger partial charge on any atom is 0.240 e. The summed E-state index contributed by atoms with van der Waals surface area (Å²) < 4.78 is 31.2. The molecule has 7 nitrogen and oxygen atoms in total. The van der Waals surface area contributed by atoms with Gasteiger partial charge in [0.25, 0.3) is 0 Å². The van der Waals surface area contributed by atoms with E-state index >= 15 is 0 Å². The van der Waals surface area contributed by atoms with Gasteiger partial charge in [-0.2, -0.15) is 0 Å². The minimum atomic E-state index is -3.68. The molecule has 180 valence electrons. The van der Waals surface area contributed by atoms with Crippen molar-refractivity contribution >= 4 is 26.8 Å². The van der Waals surface area contributed by atoms with Crippen molar-refractivity contribution in [2.24, 2.45) is 13.0 Å². The minimum Gasteiger partial charge on any atom is -0.391 e. The second-order valence-corrected chi connectivity index (χ2v) is 11.3. The first-order chi connectivity index (χ1) is 16.3. The molecule has 1 unspecified atom stereocenters. The fourth-order valence-corrected chi connectivity index (χ4v) is 6.63. The Morgan fingerprint density at radius 3 is 2.41 bits per heavy atom. The zero-order valence-corrected chi connectivity index (χ0v) is 20.2. The molecule has 0 radical (unpaired) electrons. The molecule has 2 heterocycles. The van der Waals surface area contributed by atoms with Gasteiger partial charge in [-0.15, -0.1) is 0 Å². The quantitative estimate of drug-likeness (QED) is 0.585. The summed E-state index contributed by atoms with van der Waals surface area (Å²) in [4.78, 5) is 14.7. The molecule has 1 amide bonds. The van der Waals surface area contributed by atoms with Crippen LogP contribution >= 0.6 is 0 Å². The summed E-state index contributed by atoms with van der Waals surface area (Å²) in [6.07, 6.45) is 2.82. The number of hydrogen-bond donors (Lipinski definition) is 2. The molecule has 0 bridgehead atoms. The zero-order valence-electron chi connectivity index (χ0n) is 19.4. The standard InChI is InChI=1S/C26H31N3O4S/c1-28-24(18-5-3-2-4-6-18)15-20-9-12-23(16-25(20)28)34(32,33)27-21-10-7-19(8-11-21)26(31)29-14-13-22(30)17-29/h2-6,9,12,15-16,19,21-22,27,30H,7-8,10-11,13-14,17H2,1H3/t19-,21-,22?. The highest BCUT2D eigenvalue weighted by Gasteiger charge is 2.34. The summed E-state index contributed by atoms with van der Waals surface area (Å²) in [6, 6.07) is 17.2. The Hall–Kier alpha value is -2.68. The Balaban J connectivity index is 1.27. The lowest BCUT2D eigenvalue weighted by Gasteiger charge is -2.30. The van der Waals surface area contributed by atoms with E-state index in [1.54, 1.807) is 17.0 Å². The van der Waals surface area contributed by atoms with Gasteiger partial charge in [0.15, 0.2) is 0 Å². The molecule has 2 fully saturated rings. The molecule has 0 spiro atoms. The predicted molar refractivity (Wildman–Crippen MR) is 132 cm³/mol. The lowest BCUT2D eigenvalue weighted by molar-refractivity contribution is -0.135. The smallest absolute Gasteiger partial charge is 0.240 e. The van der Waals surface area contributed by atoms with E-state index in [1.165, 1.54) is 0 Å². The molecular weight excluding hydrogens is 450 g/mol. The first-order valence-electron chi connectivity index (χ1n) is 12.0. The van der Waals surface area contributed by atoms with Gasteiger partial charge in [0.05, 0.1) is 11.0 Å². The highest BCUT2D eigenvalue weighted by molar-refractivity contribution is 7.89. The van der Waals surface area contributed by atoms with Crippen LogP contribution in [0.2, 0.25) is 0 Å². The molecular formula is C26H31N3O4S. The van der Waals surface area contributed by atoms with Crippen molar-refractivity contribution in [1.29, 1.82) is 0 Å². The monoisotopic (exact) mass is 481 g/mol. The topological polar surface area (TPSA) is 91.6 Å². The second-order valence-electron chi connectivity index (χ2n) is 9.57. The third-order valence-electron chi connectivity index (χ3n) is 7.27. The number of amides is 1. The number of β-amino-alcohol motifs (C(OH)–C–C–N with tert-alkyl or cyclic N) is 1. The Morgan fingerprint density at radius 2 is 1.74 bits per heavy atom. The van der Waals surface area contributed by atoms with Crippen LogP contribution in [0.1, 0.15) is 32.1 Å². The van der Waals surface area contributed by atoms with Crippen molar-refractivity contribution in [1.82, 2.24) is 14.2 Å². The summed E-state index contributed by atoms with van der Waals surface area (Å²) in [6.45, 7) is 1.03. The average Bonchev–Trinajstić information content (AvgIpc) is 3.42. The van der Waals surface area contributed by atoms with Gasteiger partial charge in [-0.25, -0.2) is 13.1 Å². The Bertz CT molecular complexity index is 1290. The maximum absolute atomic E-state index is 13.2. The lowest BCUT2D eigenvalue weighted by Crippen LogP contribution is -2.41. The van der Waals surface area contributed by atoms with E-state index < -0.39 is 16.1 Å². The summed E-state index contributed by atoms with van der Waals surface area (Å²) in [7, 11) is -1.73. The Labute approximate surface area is 200 Å². The van der Waals surface area contributed by atoms with Crippen LogP contribution in [-0.2, 0) is 21.9 Å². The van der Waals surface area contributed by atoms with Crippen LogP contribution in [0.5, 0.6) is 0 Å². The molecule has 1 aliphatic carbocycles. The van der Waals surface area contributed by atoms with Crippen LogP contribution in [0, 0.1) is 5.92 Å². The average molecular weight is 482 g/mol. The van der Waals surface area contributed by atoms with Crippen molar-refractivity contribution < 1.29 is 18.3 Å². The number of hydrogen-bond acceptors (Lipinski definition) is 4. The highest BCUT2D eigenvalue weighted by Crippen LogP contribution is 2.31. The number of aryl methyl sites for hydroxylation is 1. The number of likely N-dealkylation sites (tertiary alicyclic amines) is 1. The molecule has 1 saturated carbocycles. The van der Waals surface area contributed by atoms with E-state index in [-0.39, 0.29) is 22.8 Å². The van der Waals surface area contributed by atoms with Crippen LogP contribution in [0.25, 0.3) is 22.2 Å². The molecule has 34 heavy (non-hydrogen) atoms. The summed E-state index contributed by atoms with van der Waals surface area (Å²) in [5.74, 6) is 0.0171. The third-order valence-corrected chi connectivity index (χ3v) is 8.79. The van der Waals surface area contributed by atoms with Crippen molar-refractivity contribution in [3.05, 3.63) is 54.6 Å². The van der Waals surface area contributed by atoms with Gasteiger partial charge in [-0.05, 0) is 55.9 Å². The Morgan fingerprint density at radius 1 is 1.00 bits per heavy atom. The molecule has 8 heteroatoms. The van der Waals surface area contributed by atoms with Crippen LogP contribution in [0.15, 0.2) is 59.5 Å². The normalized spacial score (nSPS) is 23.5. The largest absolute Gasteiger partial charge is 0.391 e. The van der Waals surface area contributed by atoms with Gasteiger partial charge in [-0.1, -0.05) is 36.4 Å². The van der Waals surface area contributed by atoms with E-state index in [0.29, 0.717) is 45.2 Å². The fourth-order valence-electron chi connectivity index (χ4n) is 5.31. The number of nitrogens with zero attached hydrogens (tertiary/aromatic N) is 2.